The third kappa shape index (κ3) is 3.34. The van der Waals surface area contributed by atoms with E-state index in [9.17, 15) is 0 Å². The van der Waals surface area contributed by atoms with Crippen molar-refractivity contribution >= 4 is 11.3 Å². The Morgan fingerprint density at radius 1 is 1.29 bits per heavy atom. The third-order valence-electron chi connectivity index (χ3n) is 4.08. The van der Waals surface area contributed by atoms with Crippen LogP contribution in [-0.2, 0) is 19.5 Å². The van der Waals surface area contributed by atoms with Gasteiger partial charge in [-0.3, -0.25) is 4.90 Å². The van der Waals surface area contributed by atoms with Crippen LogP contribution in [0.25, 0.3) is 0 Å². The second kappa shape index (κ2) is 6.26. The van der Waals surface area contributed by atoms with Crippen molar-refractivity contribution in [2.24, 2.45) is 11.7 Å². The van der Waals surface area contributed by atoms with Crippen LogP contribution >= 0.6 is 11.3 Å². The van der Waals surface area contributed by atoms with E-state index in [1.165, 1.54) is 16.1 Å². The maximum absolute atomic E-state index is 6.24. The summed E-state index contributed by atoms with van der Waals surface area (Å²) in [6.45, 7) is 7.43. The number of rotatable bonds is 4. The molecule has 0 spiro atoms. The number of nitrogens with zero attached hydrogens (tertiary/aromatic N) is 2. The fraction of sp³-hybridized carbons (Fsp3) is 0.471. The second-order valence-corrected chi connectivity index (χ2v) is 7.25. The molecule has 0 fully saturated rings. The first-order chi connectivity index (χ1) is 10.1. The molecule has 21 heavy (non-hydrogen) atoms. The number of benzene rings is 1. The Morgan fingerprint density at radius 3 is 2.76 bits per heavy atom. The Labute approximate surface area is 130 Å². The van der Waals surface area contributed by atoms with Crippen molar-refractivity contribution in [1.82, 2.24) is 9.88 Å². The molecule has 2 heterocycles. The van der Waals surface area contributed by atoms with Crippen LogP contribution in [0.5, 0.6) is 0 Å². The predicted molar refractivity (Wildman–Crippen MR) is 88.1 cm³/mol. The van der Waals surface area contributed by atoms with Gasteiger partial charge in [-0.25, -0.2) is 4.98 Å². The van der Waals surface area contributed by atoms with Crippen LogP contribution in [0.2, 0.25) is 0 Å². The summed E-state index contributed by atoms with van der Waals surface area (Å²) in [7, 11) is 0. The van der Waals surface area contributed by atoms with Crippen LogP contribution < -0.4 is 5.73 Å². The maximum atomic E-state index is 6.24. The standard InChI is InChI=1S/C17H23N3S/c1-12(2)16(18)17-19-14-8-9-20(11-15(14)21-17)10-13-6-4-3-5-7-13/h3-7,12,16H,8-11,18H2,1-2H3. The molecule has 1 unspecified atom stereocenters. The van der Waals surface area contributed by atoms with Crippen molar-refractivity contribution in [3.63, 3.8) is 0 Å². The molecule has 0 bridgehead atoms. The van der Waals surface area contributed by atoms with Gasteiger partial charge in [0, 0.05) is 30.9 Å². The summed E-state index contributed by atoms with van der Waals surface area (Å²) in [5.74, 6) is 0.443. The molecule has 1 atom stereocenters. The van der Waals surface area contributed by atoms with Gasteiger partial charge in [0.2, 0.25) is 0 Å². The van der Waals surface area contributed by atoms with Gasteiger partial charge in [-0.1, -0.05) is 44.2 Å². The highest BCUT2D eigenvalue weighted by atomic mass is 32.1. The minimum absolute atomic E-state index is 0.0724. The lowest BCUT2D eigenvalue weighted by atomic mass is 10.1. The van der Waals surface area contributed by atoms with E-state index in [1.807, 2.05) is 11.3 Å². The van der Waals surface area contributed by atoms with E-state index < -0.39 is 0 Å². The average molecular weight is 301 g/mol. The molecule has 0 saturated carbocycles. The predicted octanol–water partition coefficient (Wildman–Crippen LogP) is 3.36. The minimum atomic E-state index is 0.0724. The lowest BCUT2D eigenvalue weighted by Crippen LogP contribution is -2.29. The Kier molecular flexibility index (Phi) is 4.38. The SMILES string of the molecule is CC(C)C(N)c1nc2c(s1)CN(Cc1ccccc1)CC2. The smallest absolute Gasteiger partial charge is 0.110 e. The van der Waals surface area contributed by atoms with Crippen LogP contribution in [0.15, 0.2) is 30.3 Å². The Hall–Kier alpha value is -1.23. The highest BCUT2D eigenvalue weighted by Gasteiger charge is 2.23. The van der Waals surface area contributed by atoms with Gasteiger partial charge in [-0.2, -0.15) is 0 Å². The first kappa shape index (κ1) is 14.7. The molecule has 1 aliphatic heterocycles. The lowest BCUT2D eigenvalue weighted by Gasteiger charge is -2.25. The van der Waals surface area contributed by atoms with E-state index >= 15 is 0 Å². The summed E-state index contributed by atoms with van der Waals surface area (Å²) in [5.41, 5.74) is 8.90. The van der Waals surface area contributed by atoms with Crippen LogP contribution in [0, 0.1) is 5.92 Å². The van der Waals surface area contributed by atoms with Gasteiger partial charge in [-0.15, -0.1) is 11.3 Å². The van der Waals surface area contributed by atoms with Crippen molar-refractivity contribution < 1.29 is 0 Å². The quantitative estimate of drug-likeness (QED) is 0.941. The lowest BCUT2D eigenvalue weighted by molar-refractivity contribution is 0.247. The zero-order valence-corrected chi connectivity index (χ0v) is 13.6. The molecule has 3 nitrogen and oxygen atoms in total. The minimum Gasteiger partial charge on any atom is -0.322 e. The third-order valence-corrected chi connectivity index (χ3v) is 5.26. The molecule has 112 valence electrons. The molecule has 2 N–H and O–H groups in total. The molecule has 1 aromatic heterocycles. The molecule has 2 aromatic rings. The normalized spacial score (nSPS) is 17.0. The molecule has 0 radical (unpaired) electrons. The first-order valence-corrected chi connectivity index (χ1v) is 8.45. The maximum Gasteiger partial charge on any atom is 0.110 e. The summed E-state index contributed by atoms with van der Waals surface area (Å²) in [5, 5.41) is 1.11. The molecule has 3 rings (SSSR count). The van der Waals surface area contributed by atoms with Crippen molar-refractivity contribution in [2.75, 3.05) is 6.54 Å². The monoisotopic (exact) mass is 301 g/mol. The molecule has 0 aliphatic carbocycles. The largest absolute Gasteiger partial charge is 0.322 e. The number of hydrogen-bond donors (Lipinski definition) is 1. The van der Waals surface area contributed by atoms with Crippen LogP contribution in [-0.4, -0.2) is 16.4 Å². The van der Waals surface area contributed by atoms with E-state index in [0.717, 1.165) is 31.1 Å². The van der Waals surface area contributed by atoms with Gasteiger partial charge in [0.25, 0.3) is 0 Å². The van der Waals surface area contributed by atoms with Crippen molar-refractivity contribution in [1.29, 1.82) is 0 Å². The van der Waals surface area contributed by atoms with Crippen LogP contribution in [0.3, 0.4) is 0 Å². The summed E-state index contributed by atoms with van der Waals surface area (Å²) < 4.78 is 0. The van der Waals surface area contributed by atoms with Gasteiger partial charge in [0.15, 0.2) is 0 Å². The van der Waals surface area contributed by atoms with Gasteiger partial charge in [-0.05, 0) is 11.5 Å². The van der Waals surface area contributed by atoms with Crippen LogP contribution in [0.4, 0.5) is 0 Å². The zero-order chi connectivity index (χ0) is 14.8. The number of aromatic nitrogens is 1. The molecule has 0 saturated heterocycles. The van der Waals surface area contributed by atoms with Crippen molar-refractivity contribution in [2.45, 2.75) is 39.4 Å². The van der Waals surface area contributed by atoms with Crippen molar-refractivity contribution in [3.8, 4) is 0 Å². The number of nitrogens with two attached hydrogens (primary N) is 1. The van der Waals surface area contributed by atoms with E-state index in [-0.39, 0.29) is 6.04 Å². The van der Waals surface area contributed by atoms with E-state index in [2.05, 4.69) is 49.1 Å². The van der Waals surface area contributed by atoms with Gasteiger partial charge < -0.3 is 5.73 Å². The summed E-state index contributed by atoms with van der Waals surface area (Å²) >= 11 is 1.81. The Balaban J connectivity index is 1.71. The summed E-state index contributed by atoms with van der Waals surface area (Å²) in [6.07, 6.45) is 1.05. The molecule has 1 aliphatic rings. The van der Waals surface area contributed by atoms with Gasteiger partial charge in [0.1, 0.15) is 5.01 Å². The fourth-order valence-corrected chi connectivity index (χ4v) is 4.00. The van der Waals surface area contributed by atoms with Crippen molar-refractivity contribution in [3.05, 3.63) is 51.5 Å². The topological polar surface area (TPSA) is 42.1 Å². The molecule has 4 heteroatoms. The summed E-state index contributed by atoms with van der Waals surface area (Å²) in [6, 6.07) is 10.8. The zero-order valence-electron chi connectivity index (χ0n) is 12.7. The fourth-order valence-electron chi connectivity index (χ4n) is 2.67. The van der Waals surface area contributed by atoms with E-state index in [1.54, 1.807) is 0 Å². The van der Waals surface area contributed by atoms with Gasteiger partial charge >= 0.3 is 0 Å². The van der Waals surface area contributed by atoms with Crippen LogP contribution in [0.1, 0.15) is 41.0 Å². The Morgan fingerprint density at radius 2 is 2.05 bits per heavy atom. The van der Waals surface area contributed by atoms with E-state index in [4.69, 9.17) is 10.7 Å². The highest BCUT2D eigenvalue weighted by Crippen LogP contribution is 2.30. The molecule has 0 amide bonds. The number of fused-ring (bicyclic) bond motifs is 1. The van der Waals surface area contributed by atoms with Gasteiger partial charge in [0.05, 0.1) is 11.7 Å². The second-order valence-electron chi connectivity index (χ2n) is 6.14. The first-order valence-electron chi connectivity index (χ1n) is 7.64. The molecular weight excluding hydrogens is 278 g/mol. The number of thiazole rings is 1. The Bertz CT molecular complexity index is 591. The summed E-state index contributed by atoms with van der Waals surface area (Å²) in [4.78, 5) is 8.69. The van der Waals surface area contributed by atoms with E-state index in [0.29, 0.717) is 5.92 Å². The number of hydrogen-bond acceptors (Lipinski definition) is 4. The molecule has 1 aromatic carbocycles. The molecular formula is C17H23N3S. The average Bonchev–Trinajstić information content (AvgIpc) is 2.90. The highest BCUT2D eigenvalue weighted by molar-refractivity contribution is 7.11.